The fraction of sp³-hybridized carbons (Fsp3) is 0.933. The van der Waals surface area contributed by atoms with Crippen molar-refractivity contribution < 1.29 is 4.79 Å². The lowest BCUT2D eigenvalue weighted by Crippen LogP contribution is -2.43. The van der Waals surface area contributed by atoms with Crippen molar-refractivity contribution in [2.75, 3.05) is 26.2 Å². The zero-order valence-electron chi connectivity index (χ0n) is 12.9. The summed E-state index contributed by atoms with van der Waals surface area (Å²) in [4.78, 5) is 13.6. The van der Waals surface area contributed by atoms with Crippen LogP contribution in [0.15, 0.2) is 0 Å². The topological polar surface area (TPSA) is 44.4 Å². The molecule has 0 aromatic rings. The molecular formula is C15H31N3O. The Morgan fingerprint density at radius 2 is 2.11 bits per heavy atom. The van der Waals surface area contributed by atoms with E-state index in [2.05, 4.69) is 31.4 Å². The fourth-order valence-corrected chi connectivity index (χ4v) is 2.79. The molecule has 0 bridgehead atoms. The molecule has 2 N–H and O–H groups in total. The highest BCUT2D eigenvalue weighted by Crippen LogP contribution is 2.17. The second-order valence-corrected chi connectivity index (χ2v) is 5.55. The number of carbonyl (C=O) groups excluding carboxylic acids is 1. The van der Waals surface area contributed by atoms with Gasteiger partial charge in [-0.15, -0.1) is 0 Å². The largest absolute Gasteiger partial charge is 0.336 e. The van der Waals surface area contributed by atoms with Gasteiger partial charge in [0.05, 0.1) is 0 Å². The maximum Gasteiger partial charge on any atom is 0.317 e. The first kappa shape index (κ1) is 16.3. The molecule has 4 heteroatoms. The Bertz CT molecular complexity index is 258. The van der Waals surface area contributed by atoms with Gasteiger partial charge >= 0.3 is 6.03 Å². The molecule has 1 saturated heterocycles. The van der Waals surface area contributed by atoms with Crippen molar-refractivity contribution in [1.82, 2.24) is 15.5 Å². The molecule has 1 aliphatic heterocycles. The first-order chi connectivity index (χ1) is 9.22. The van der Waals surface area contributed by atoms with E-state index in [1.807, 2.05) is 4.90 Å². The Hall–Kier alpha value is -0.770. The number of hydrogen-bond acceptors (Lipinski definition) is 2. The lowest BCUT2D eigenvalue weighted by molar-refractivity contribution is 0.195. The molecule has 4 nitrogen and oxygen atoms in total. The number of carbonyl (C=O) groups is 1. The Morgan fingerprint density at radius 3 is 2.63 bits per heavy atom. The number of nitrogens with zero attached hydrogens (tertiary/aromatic N) is 1. The Balaban J connectivity index is 2.48. The summed E-state index contributed by atoms with van der Waals surface area (Å²) in [6.45, 7) is 10.4. The van der Waals surface area contributed by atoms with E-state index in [1.54, 1.807) is 0 Å². The normalized spacial score (nSPS) is 18.5. The predicted octanol–water partition coefficient (Wildman–Crippen LogP) is 2.60. The summed E-state index contributed by atoms with van der Waals surface area (Å²) in [6, 6.07) is 0.664. The number of nitrogens with one attached hydrogen (secondary N) is 2. The molecule has 1 fully saturated rings. The molecular weight excluding hydrogens is 238 g/mol. The van der Waals surface area contributed by atoms with Gasteiger partial charge in [0, 0.05) is 25.7 Å². The summed E-state index contributed by atoms with van der Waals surface area (Å²) in [5.74, 6) is 0.570. The minimum atomic E-state index is 0.113. The van der Waals surface area contributed by atoms with Crippen LogP contribution in [0.2, 0.25) is 0 Å². The van der Waals surface area contributed by atoms with Crippen molar-refractivity contribution in [2.24, 2.45) is 5.92 Å². The molecule has 0 saturated carbocycles. The summed E-state index contributed by atoms with van der Waals surface area (Å²) >= 11 is 0. The van der Waals surface area contributed by atoms with Gasteiger partial charge in [-0.1, -0.05) is 40.0 Å². The molecule has 112 valence electrons. The van der Waals surface area contributed by atoms with E-state index in [4.69, 9.17) is 0 Å². The van der Waals surface area contributed by atoms with Gasteiger partial charge in [0.25, 0.3) is 0 Å². The number of hydrogen-bond donors (Lipinski definition) is 2. The molecule has 1 rings (SSSR count). The molecule has 0 spiro atoms. The molecule has 0 aliphatic carbocycles. The summed E-state index contributed by atoms with van der Waals surface area (Å²) in [5.41, 5.74) is 0. The summed E-state index contributed by atoms with van der Waals surface area (Å²) in [7, 11) is 0. The number of amides is 2. The summed E-state index contributed by atoms with van der Waals surface area (Å²) in [5, 5.41) is 6.59. The van der Waals surface area contributed by atoms with E-state index in [9.17, 15) is 4.79 Å². The molecule has 1 aliphatic rings. The highest BCUT2D eigenvalue weighted by Gasteiger charge is 2.26. The Morgan fingerprint density at radius 1 is 1.32 bits per heavy atom. The van der Waals surface area contributed by atoms with Gasteiger partial charge in [0.2, 0.25) is 0 Å². The monoisotopic (exact) mass is 269 g/mol. The summed E-state index contributed by atoms with van der Waals surface area (Å²) in [6.07, 6.45) is 6.01. The fourth-order valence-electron chi connectivity index (χ4n) is 2.79. The van der Waals surface area contributed by atoms with E-state index < -0.39 is 0 Å². The van der Waals surface area contributed by atoms with Crippen molar-refractivity contribution in [3.8, 4) is 0 Å². The number of urea groups is 1. The van der Waals surface area contributed by atoms with Gasteiger partial charge in [-0.3, -0.25) is 0 Å². The smallest absolute Gasteiger partial charge is 0.317 e. The number of unbranched alkanes of at least 4 members (excludes halogenated alkanes) is 1. The van der Waals surface area contributed by atoms with Crippen LogP contribution in [0.25, 0.3) is 0 Å². The van der Waals surface area contributed by atoms with Crippen molar-refractivity contribution in [1.29, 1.82) is 0 Å². The SMILES string of the molecule is CCCCNC(CCC)C(CC)CN1CCNC1=O. The molecule has 2 amide bonds. The van der Waals surface area contributed by atoms with Crippen LogP contribution in [-0.4, -0.2) is 43.2 Å². The van der Waals surface area contributed by atoms with Gasteiger partial charge < -0.3 is 15.5 Å². The van der Waals surface area contributed by atoms with E-state index in [-0.39, 0.29) is 6.03 Å². The first-order valence-electron chi connectivity index (χ1n) is 7.99. The second-order valence-electron chi connectivity index (χ2n) is 5.55. The van der Waals surface area contributed by atoms with E-state index >= 15 is 0 Å². The lowest BCUT2D eigenvalue weighted by Gasteiger charge is -2.30. The van der Waals surface area contributed by atoms with Crippen molar-refractivity contribution in [2.45, 2.75) is 58.9 Å². The lowest BCUT2D eigenvalue weighted by atomic mass is 9.92. The Kier molecular flexibility index (Phi) is 7.87. The molecule has 1 heterocycles. The van der Waals surface area contributed by atoms with Gasteiger partial charge in [0.1, 0.15) is 0 Å². The third-order valence-electron chi connectivity index (χ3n) is 4.03. The van der Waals surface area contributed by atoms with Crippen LogP contribution < -0.4 is 10.6 Å². The van der Waals surface area contributed by atoms with Crippen LogP contribution in [-0.2, 0) is 0 Å². The molecule has 0 aromatic carbocycles. The average Bonchev–Trinajstić information content (AvgIpc) is 2.81. The minimum absolute atomic E-state index is 0.113. The molecule has 2 unspecified atom stereocenters. The van der Waals surface area contributed by atoms with E-state index in [1.165, 1.54) is 25.7 Å². The van der Waals surface area contributed by atoms with Crippen molar-refractivity contribution in [3.63, 3.8) is 0 Å². The zero-order chi connectivity index (χ0) is 14.1. The van der Waals surface area contributed by atoms with Gasteiger partial charge in [-0.05, 0) is 25.3 Å². The standard InChI is InChI=1S/C15H31N3O/c1-4-7-9-16-14(8-5-2)13(6-3)12-18-11-10-17-15(18)19/h13-14,16H,4-12H2,1-3H3,(H,17,19). The van der Waals surface area contributed by atoms with Crippen LogP contribution >= 0.6 is 0 Å². The van der Waals surface area contributed by atoms with Crippen molar-refractivity contribution in [3.05, 3.63) is 0 Å². The highest BCUT2D eigenvalue weighted by atomic mass is 16.2. The third kappa shape index (κ3) is 5.39. The van der Waals surface area contributed by atoms with Crippen LogP contribution in [0.5, 0.6) is 0 Å². The first-order valence-corrected chi connectivity index (χ1v) is 7.99. The van der Waals surface area contributed by atoms with Crippen molar-refractivity contribution >= 4 is 6.03 Å². The second kappa shape index (κ2) is 9.18. The van der Waals surface area contributed by atoms with Crippen LogP contribution in [0.3, 0.4) is 0 Å². The average molecular weight is 269 g/mol. The Labute approximate surface area is 118 Å². The number of rotatable bonds is 10. The van der Waals surface area contributed by atoms with Crippen LogP contribution in [0.4, 0.5) is 4.79 Å². The van der Waals surface area contributed by atoms with E-state index in [0.717, 1.165) is 32.6 Å². The van der Waals surface area contributed by atoms with Gasteiger partial charge in [-0.2, -0.15) is 0 Å². The van der Waals surface area contributed by atoms with Gasteiger partial charge in [-0.25, -0.2) is 4.79 Å². The van der Waals surface area contributed by atoms with E-state index in [0.29, 0.717) is 12.0 Å². The molecule has 0 radical (unpaired) electrons. The molecule has 2 atom stereocenters. The quantitative estimate of drug-likeness (QED) is 0.599. The zero-order valence-corrected chi connectivity index (χ0v) is 12.9. The van der Waals surface area contributed by atoms with Gasteiger partial charge in [0.15, 0.2) is 0 Å². The highest BCUT2D eigenvalue weighted by molar-refractivity contribution is 5.76. The van der Waals surface area contributed by atoms with Crippen LogP contribution in [0, 0.1) is 5.92 Å². The predicted molar refractivity (Wildman–Crippen MR) is 80.4 cm³/mol. The maximum atomic E-state index is 11.7. The minimum Gasteiger partial charge on any atom is -0.336 e. The molecule has 0 aromatic heterocycles. The third-order valence-corrected chi connectivity index (χ3v) is 4.03. The molecule has 19 heavy (non-hydrogen) atoms. The van der Waals surface area contributed by atoms with Crippen LogP contribution in [0.1, 0.15) is 52.9 Å². The maximum absolute atomic E-state index is 11.7. The summed E-state index contributed by atoms with van der Waals surface area (Å²) < 4.78 is 0.